The summed E-state index contributed by atoms with van der Waals surface area (Å²) in [4.78, 5) is 18.6. The molecule has 172 valence electrons. The number of anilines is 3. The molecule has 2 aromatic rings. The first kappa shape index (κ1) is 24.8. The highest BCUT2D eigenvalue weighted by atomic mass is 35.5. The van der Waals surface area contributed by atoms with E-state index in [0.717, 1.165) is 12.4 Å². The van der Waals surface area contributed by atoms with Crippen LogP contribution >= 0.6 is 11.6 Å². The highest BCUT2D eigenvalue weighted by Crippen LogP contribution is 2.19. The number of halogens is 3. The molecule has 2 aliphatic rings. The fraction of sp³-hybridized carbons (Fsp3) is 0.500. The predicted molar refractivity (Wildman–Crippen MR) is 111 cm³/mol. The lowest BCUT2D eigenvalue weighted by Crippen LogP contribution is -2.37. The van der Waals surface area contributed by atoms with Crippen LogP contribution in [0.25, 0.3) is 0 Å². The maximum atomic E-state index is 13.4. The van der Waals surface area contributed by atoms with Crippen molar-refractivity contribution in [3.8, 4) is 0 Å². The highest BCUT2D eigenvalue weighted by molar-refractivity contribution is 6.28. The maximum absolute atomic E-state index is 13.4. The molecule has 0 saturated carbocycles. The van der Waals surface area contributed by atoms with Crippen molar-refractivity contribution >= 4 is 29.2 Å². The van der Waals surface area contributed by atoms with E-state index in [1.165, 1.54) is 0 Å². The van der Waals surface area contributed by atoms with Crippen molar-refractivity contribution in [2.24, 2.45) is 17.5 Å². The molecule has 0 radical (unpaired) electrons. The van der Waals surface area contributed by atoms with Gasteiger partial charge in [-0.3, -0.25) is 17.1 Å². The Bertz CT molecular complexity index is 810. The lowest BCUT2D eigenvalue weighted by molar-refractivity contribution is 0.122. The molecular weight excluding hydrogens is 438 g/mol. The van der Waals surface area contributed by atoms with Gasteiger partial charge in [-0.1, -0.05) is 0 Å². The third kappa shape index (κ3) is 7.30. The van der Waals surface area contributed by atoms with Crippen LogP contribution in [0.2, 0.25) is 5.28 Å². The number of ether oxygens (including phenoxy) is 2. The molecule has 4 heterocycles. The van der Waals surface area contributed by atoms with E-state index < -0.39 is 11.6 Å². The van der Waals surface area contributed by atoms with E-state index in [1.54, 1.807) is 9.80 Å². The Morgan fingerprint density at radius 1 is 0.839 bits per heavy atom. The van der Waals surface area contributed by atoms with E-state index in [-0.39, 0.29) is 22.9 Å². The molecule has 0 aromatic carbocycles. The summed E-state index contributed by atoms with van der Waals surface area (Å²) >= 11 is 5.59. The average Bonchev–Trinajstić information content (AvgIpc) is 2.84. The van der Waals surface area contributed by atoms with Gasteiger partial charge in [0, 0.05) is 26.2 Å². The molecule has 0 atom stereocenters. The number of hydrazine groups is 2. The highest BCUT2D eigenvalue weighted by Gasteiger charge is 2.18. The summed E-state index contributed by atoms with van der Waals surface area (Å²) in [6, 6.07) is 0. The van der Waals surface area contributed by atoms with Gasteiger partial charge >= 0.3 is 0 Å². The van der Waals surface area contributed by atoms with Crippen LogP contribution in [-0.2, 0) is 9.47 Å². The minimum atomic E-state index is -0.448. The fourth-order valence-corrected chi connectivity index (χ4v) is 2.89. The minimum absolute atomic E-state index is 0.0629. The van der Waals surface area contributed by atoms with Gasteiger partial charge in [0.1, 0.15) is 0 Å². The second kappa shape index (κ2) is 13.0. The van der Waals surface area contributed by atoms with Crippen LogP contribution in [0.3, 0.4) is 0 Å². The number of hydrogen-bond donors (Lipinski definition) is 4. The Hall–Kier alpha value is -2.49. The Morgan fingerprint density at radius 2 is 1.29 bits per heavy atom. The van der Waals surface area contributed by atoms with Gasteiger partial charge < -0.3 is 19.3 Å². The Balaban J connectivity index is 0.000000204. The maximum Gasteiger partial charge on any atom is 0.239 e. The average molecular weight is 463 g/mol. The molecular formula is C16H25ClF2N10O2. The van der Waals surface area contributed by atoms with E-state index >= 15 is 0 Å². The number of hydrogen-bond acceptors (Lipinski definition) is 12. The first-order valence-electron chi connectivity index (χ1n) is 9.24. The smallest absolute Gasteiger partial charge is 0.239 e. The van der Waals surface area contributed by atoms with Crippen molar-refractivity contribution in [2.75, 3.05) is 67.8 Å². The topological polar surface area (TPSA) is 167 Å². The van der Waals surface area contributed by atoms with Crippen molar-refractivity contribution in [2.45, 2.75) is 0 Å². The number of nitrogens with two attached hydrogens (primary N) is 3. The lowest BCUT2D eigenvalue weighted by atomic mass is 10.4. The van der Waals surface area contributed by atoms with Crippen molar-refractivity contribution in [3.05, 3.63) is 29.3 Å². The Kier molecular flexibility index (Phi) is 10.4. The van der Waals surface area contributed by atoms with Crippen molar-refractivity contribution < 1.29 is 18.3 Å². The van der Waals surface area contributed by atoms with Gasteiger partial charge in [0.2, 0.25) is 11.2 Å². The van der Waals surface area contributed by atoms with Gasteiger partial charge in [-0.05, 0) is 11.6 Å². The Morgan fingerprint density at radius 3 is 1.77 bits per heavy atom. The minimum Gasteiger partial charge on any atom is -0.378 e. The van der Waals surface area contributed by atoms with E-state index in [4.69, 9.17) is 26.9 Å². The summed E-state index contributed by atoms with van der Waals surface area (Å²) in [5.74, 6) is 13.0. The van der Waals surface area contributed by atoms with Gasteiger partial charge in [0.05, 0.1) is 38.8 Å². The van der Waals surface area contributed by atoms with Crippen LogP contribution in [0.5, 0.6) is 0 Å². The molecule has 0 amide bonds. The quantitative estimate of drug-likeness (QED) is 0.266. The van der Waals surface area contributed by atoms with Gasteiger partial charge in [-0.15, -0.1) is 0 Å². The molecule has 0 aliphatic carbocycles. The molecule has 2 aliphatic heterocycles. The second-order valence-corrected chi connectivity index (χ2v) is 6.36. The number of rotatable bonds is 3. The summed E-state index contributed by atoms with van der Waals surface area (Å²) < 4.78 is 37.0. The van der Waals surface area contributed by atoms with Crippen LogP contribution in [0.4, 0.5) is 26.4 Å². The second-order valence-electron chi connectivity index (χ2n) is 6.02. The molecule has 31 heavy (non-hydrogen) atoms. The van der Waals surface area contributed by atoms with Crippen LogP contribution in [0, 0.1) is 11.6 Å². The number of aromatic nitrogens is 4. The van der Waals surface area contributed by atoms with Gasteiger partial charge in [0.15, 0.2) is 23.3 Å². The van der Waals surface area contributed by atoms with Crippen molar-refractivity contribution in [3.63, 3.8) is 0 Å². The van der Waals surface area contributed by atoms with Crippen LogP contribution in [0.1, 0.15) is 0 Å². The number of morpholine rings is 2. The third-order valence-electron chi connectivity index (χ3n) is 4.17. The summed E-state index contributed by atoms with van der Waals surface area (Å²) in [5, 5.41) is 0.0629. The normalized spacial score (nSPS) is 15.9. The van der Waals surface area contributed by atoms with Crippen molar-refractivity contribution in [1.82, 2.24) is 19.9 Å². The molecule has 12 nitrogen and oxygen atoms in total. The Labute approximate surface area is 182 Å². The van der Waals surface area contributed by atoms with Gasteiger partial charge in [-0.2, -0.15) is 9.97 Å². The third-order valence-corrected chi connectivity index (χ3v) is 4.35. The largest absolute Gasteiger partial charge is 0.378 e. The zero-order valence-electron chi connectivity index (χ0n) is 16.7. The standard InChI is InChI=1S/C8H9ClFN3O.C8H12FN5O.H4N2/c9-8-11-5-6(10)7(12-8)13-1-3-14-4-2-13;9-6-5-11-8(13-10)12-7(6)14-1-3-15-4-2-14;1-2/h5H,1-4H2;5H,1-4,10H2,(H,11,12,13);1-2H2. The summed E-state index contributed by atoms with van der Waals surface area (Å²) in [7, 11) is 0. The summed E-state index contributed by atoms with van der Waals surface area (Å²) in [5.41, 5.74) is 2.29. The SMILES string of the molecule is Fc1cnc(Cl)nc1N1CCOCC1.NN.NNc1ncc(F)c(N2CCOCC2)n1. The first-order valence-corrected chi connectivity index (χ1v) is 9.62. The van der Waals surface area contributed by atoms with Crippen molar-refractivity contribution in [1.29, 1.82) is 0 Å². The van der Waals surface area contributed by atoms with Crippen LogP contribution in [-0.4, -0.2) is 72.5 Å². The van der Waals surface area contributed by atoms with Gasteiger partial charge in [-0.25, -0.2) is 24.6 Å². The molecule has 0 bridgehead atoms. The van der Waals surface area contributed by atoms with Crippen LogP contribution in [0.15, 0.2) is 12.4 Å². The van der Waals surface area contributed by atoms with E-state index in [2.05, 4.69) is 37.0 Å². The summed E-state index contributed by atoms with van der Waals surface area (Å²) in [6.07, 6.45) is 2.19. The number of nitrogens with one attached hydrogen (secondary N) is 1. The van der Waals surface area contributed by atoms with E-state index in [0.29, 0.717) is 52.6 Å². The summed E-state index contributed by atoms with van der Waals surface area (Å²) in [6.45, 7) is 4.83. The molecule has 15 heteroatoms. The number of nitrogens with zero attached hydrogens (tertiary/aromatic N) is 6. The molecule has 2 saturated heterocycles. The zero-order valence-corrected chi connectivity index (χ0v) is 17.4. The molecule has 2 aromatic heterocycles. The predicted octanol–water partition coefficient (Wildman–Crippen LogP) is -0.338. The molecule has 4 rings (SSSR count). The molecule has 7 N–H and O–H groups in total. The molecule has 0 unspecified atom stereocenters. The van der Waals surface area contributed by atoms with E-state index in [9.17, 15) is 8.78 Å². The zero-order chi connectivity index (χ0) is 22.6. The number of nitrogen functional groups attached to an aromatic ring is 1. The van der Waals surface area contributed by atoms with E-state index in [1.807, 2.05) is 0 Å². The molecule has 0 spiro atoms. The first-order chi connectivity index (χ1) is 15.1. The molecule has 2 fully saturated rings. The fourth-order valence-electron chi connectivity index (χ4n) is 2.76. The monoisotopic (exact) mass is 462 g/mol. The lowest BCUT2D eigenvalue weighted by Gasteiger charge is -2.27. The van der Waals surface area contributed by atoms with Gasteiger partial charge in [0.25, 0.3) is 0 Å². The van der Waals surface area contributed by atoms with Crippen LogP contribution < -0.4 is 32.8 Å².